The minimum Gasteiger partial charge on any atom is -0.456 e. The highest BCUT2D eigenvalue weighted by atomic mass is 16.5. The van der Waals surface area contributed by atoms with Crippen LogP contribution in [0.5, 0.6) is 11.5 Å². The lowest BCUT2D eigenvalue weighted by molar-refractivity contribution is 0.488. The summed E-state index contributed by atoms with van der Waals surface area (Å²) in [6.45, 7) is 0. The van der Waals surface area contributed by atoms with Gasteiger partial charge in [0.15, 0.2) is 0 Å². The maximum Gasteiger partial charge on any atom is 0.135 e. The van der Waals surface area contributed by atoms with Gasteiger partial charge in [-0.1, -0.05) is 212 Å². The summed E-state index contributed by atoms with van der Waals surface area (Å²) < 4.78 is 6.80. The standard InChI is InChI=1S/C69H43NO/c1-2-18-44(19-3-1)45-34-36-46(37-35-45)70(48-39-41-66-61(43-48)54-25-7-5-21-50(54)56-27-14-17-33-65(56)71-66)47-38-40-64-60(42-47)53-24-6-4-20-49(53)55-26-12-15-31-62(55)69(64)63-32-16-13-30-59(63)67-57-28-10-8-22-51(57)52-23-9-11-29-58(52)68(67)69/h1-43H. The van der Waals surface area contributed by atoms with Gasteiger partial charge >= 0.3 is 0 Å². The fourth-order valence-electron chi connectivity index (χ4n) is 12.6. The van der Waals surface area contributed by atoms with E-state index in [9.17, 15) is 0 Å². The van der Waals surface area contributed by atoms with Gasteiger partial charge in [0.25, 0.3) is 0 Å². The number of ether oxygens (including phenoxy) is 1. The Morgan fingerprint density at radius 1 is 0.268 bits per heavy atom. The molecule has 0 saturated heterocycles. The Balaban J connectivity index is 1.03. The quantitative estimate of drug-likeness (QED) is 0.163. The molecule has 0 radical (unpaired) electrons. The Labute approximate surface area is 413 Å². The van der Waals surface area contributed by atoms with Crippen LogP contribution in [0, 0.1) is 0 Å². The predicted octanol–water partition coefficient (Wildman–Crippen LogP) is 18.6. The van der Waals surface area contributed by atoms with Gasteiger partial charge in [0.1, 0.15) is 11.5 Å². The van der Waals surface area contributed by atoms with Crippen LogP contribution in [0.2, 0.25) is 0 Å². The molecule has 0 amide bonds. The second kappa shape index (κ2) is 15.4. The molecule has 1 aliphatic heterocycles. The van der Waals surface area contributed by atoms with Crippen LogP contribution in [0.25, 0.3) is 88.3 Å². The molecular weight excluding hydrogens is 859 g/mol. The number of rotatable bonds is 4. The van der Waals surface area contributed by atoms with Crippen molar-refractivity contribution >= 4 is 38.6 Å². The van der Waals surface area contributed by atoms with Crippen molar-refractivity contribution in [2.75, 3.05) is 4.90 Å². The molecule has 1 spiro atoms. The zero-order valence-corrected chi connectivity index (χ0v) is 38.7. The molecule has 1 unspecified atom stereocenters. The van der Waals surface area contributed by atoms with E-state index >= 15 is 0 Å². The first-order chi connectivity index (χ1) is 35.2. The summed E-state index contributed by atoms with van der Waals surface area (Å²) in [6.07, 6.45) is 0. The minimum absolute atomic E-state index is 0.665. The summed E-state index contributed by atoms with van der Waals surface area (Å²) in [6, 6.07) is 96.4. The van der Waals surface area contributed by atoms with E-state index in [1.165, 1.54) is 88.3 Å². The zero-order chi connectivity index (χ0) is 46.6. The summed E-state index contributed by atoms with van der Waals surface area (Å²) >= 11 is 0. The number of nitrogens with zero attached hydrogens (tertiary/aromatic N) is 1. The number of fused-ring (bicyclic) bond motifs is 22. The van der Waals surface area contributed by atoms with Gasteiger partial charge < -0.3 is 9.64 Å². The predicted molar refractivity (Wildman–Crippen MR) is 294 cm³/mol. The first-order valence-corrected chi connectivity index (χ1v) is 24.6. The lowest BCUT2D eigenvalue weighted by Crippen LogP contribution is -2.29. The molecule has 330 valence electrons. The molecule has 2 nitrogen and oxygen atoms in total. The van der Waals surface area contributed by atoms with Crippen LogP contribution in [0.1, 0.15) is 22.3 Å². The third-order valence-electron chi connectivity index (χ3n) is 15.5. The van der Waals surface area contributed by atoms with Crippen molar-refractivity contribution in [1.29, 1.82) is 0 Å². The van der Waals surface area contributed by atoms with E-state index in [2.05, 4.69) is 260 Å². The molecule has 0 fully saturated rings. The molecule has 3 aliphatic rings. The lowest BCUT2D eigenvalue weighted by atomic mass is 9.64. The van der Waals surface area contributed by atoms with Crippen molar-refractivity contribution in [3.05, 3.63) is 283 Å². The molecule has 0 saturated carbocycles. The third kappa shape index (κ3) is 5.71. The van der Waals surface area contributed by atoms with Crippen LogP contribution < -0.4 is 9.64 Å². The Bertz CT molecular complexity index is 4150. The first kappa shape index (κ1) is 39.7. The summed E-state index contributed by atoms with van der Waals surface area (Å²) in [5, 5.41) is 5.11. The summed E-state index contributed by atoms with van der Waals surface area (Å²) in [7, 11) is 0. The first-order valence-electron chi connectivity index (χ1n) is 24.6. The average molecular weight is 902 g/mol. The van der Waals surface area contributed by atoms with E-state index < -0.39 is 5.41 Å². The summed E-state index contributed by atoms with van der Waals surface area (Å²) in [4.78, 5) is 2.43. The smallest absolute Gasteiger partial charge is 0.135 e. The van der Waals surface area contributed by atoms with Gasteiger partial charge in [-0.15, -0.1) is 0 Å². The van der Waals surface area contributed by atoms with Crippen LogP contribution in [-0.4, -0.2) is 0 Å². The van der Waals surface area contributed by atoms with Gasteiger partial charge in [0, 0.05) is 28.2 Å². The van der Waals surface area contributed by atoms with Gasteiger partial charge in [-0.25, -0.2) is 0 Å². The molecule has 12 aromatic carbocycles. The van der Waals surface area contributed by atoms with Crippen molar-refractivity contribution < 1.29 is 4.74 Å². The molecule has 0 N–H and O–H groups in total. The largest absolute Gasteiger partial charge is 0.456 e. The van der Waals surface area contributed by atoms with Gasteiger partial charge in [0.2, 0.25) is 0 Å². The Morgan fingerprint density at radius 3 is 1.42 bits per heavy atom. The van der Waals surface area contributed by atoms with E-state index in [0.717, 1.165) is 50.8 Å². The molecule has 0 bridgehead atoms. The molecule has 71 heavy (non-hydrogen) atoms. The Morgan fingerprint density at radius 2 is 0.704 bits per heavy atom. The average Bonchev–Trinajstić information content (AvgIpc) is 3.62. The molecule has 12 aromatic rings. The van der Waals surface area contributed by atoms with Crippen molar-refractivity contribution in [3.63, 3.8) is 0 Å². The monoisotopic (exact) mass is 901 g/mol. The lowest BCUT2D eigenvalue weighted by Gasteiger charge is -2.37. The van der Waals surface area contributed by atoms with Crippen molar-refractivity contribution in [3.8, 4) is 78.3 Å². The molecular formula is C69H43NO. The molecule has 1 atom stereocenters. The van der Waals surface area contributed by atoms with Gasteiger partial charge in [-0.3, -0.25) is 0 Å². The zero-order valence-electron chi connectivity index (χ0n) is 38.7. The highest BCUT2D eigenvalue weighted by Gasteiger charge is 2.51. The number of benzene rings is 12. The van der Waals surface area contributed by atoms with Crippen LogP contribution in [0.3, 0.4) is 0 Å². The van der Waals surface area contributed by atoms with Crippen molar-refractivity contribution in [2.24, 2.45) is 0 Å². The Kier molecular flexibility index (Phi) is 8.61. The summed E-state index contributed by atoms with van der Waals surface area (Å²) in [5.41, 5.74) is 22.0. The SMILES string of the molecule is c1ccc(-c2ccc(N(c3ccc4c(c3)-c3ccccc3-c3ccccc3O4)c3ccc4c(c3)-c3ccccc3-c3ccccc3C43c4ccccc4-c4c3c3ccccc3c3ccccc43)cc2)cc1. The fraction of sp³-hybridized carbons (Fsp3) is 0.0145. The van der Waals surface area contributed by atoms with Gasteiger partial charge in [-0.2, -0.15) is 0 Å². The van der Waals surface area contributed by atoms with Gasteiger partial charge in [-0.05, 0) is 148 Å². The van der Waals surface area contributed by atoms with Crippen LogP contribution in [0.4, 0.5) is 17.1 Å². The van der Waals surface area contributed by atoms with E-state index in [1.807, 2.05) is 6.07 Å². The van der Waals surface area contributed by atoms with E-state index in [0.29, 0.717) is 0 Å². The fourth-order valence-corrected chi connectivity index (χ4v) is 12.6. The van der Waals surface area contributed by atoms with Crippen LogP contribution >= 0.6 is 0 Å². The second-order valence-corrected chi connectivity index (χ2v) is 19.0. The highest BCUT2D eigenvalue weighted by molar-refractivity contribution is 6.20. The van der Waals surface area contributed by atoms with Crippen LogP contribution in [-0.2, 0) is 5.41 Å². The number of anilines is 3. The maximum atomic E-state index is 6.80. The highest BCUT2D eigenvalue weighted by Crippen LogP contribution is 2.64. The maximum absolute atomic E-state index is 6.80. The molecule has 1 heterocycles. The molecule has 2 heteroatoms. The summed E-state index contributed by atoms with van der Waals surface area (Å²) in [5.74, 6) is 1.69. The van der Waals surface area contributed by atoms with E-state index in [1.54, 1.807) is 0 Å². The molecule has 15 rings (SSSR count). The minimum atomic E-state index is -0.665. The Hall–Kier alpha value is -9.24. The van der Waals surface area contributed by atoms with Crippen molar-refractivity contribution in [1.82, 2.24) is 0 Å². The normalized spacial score (nSPS) is 14.4. The number of para-hydroxylation sites is 1. The van der Waals surface area contributed by atoms with E-state index in [-0.39, 0.29) is 0 Å². The molecule has 0 aromatic heterocycles. The number of hydrogen-bond donors (Lipinski definition) is 0. The molecule has 2 aliphatic carbocycles. The van der Waals surface area contributed by atoms with Crippen molar-refractivity contribution in [2.45, 2.75) is 5.41 Å². The second-order valence-electron chi connectivity index (χ2n) is 19.0. The number of hydrogen-bond acceptors (Lipinski definition) is 2. The third-order valence-corrected chi connectivity index (χ3v) is 15.5. The topological polar surface area (TPSA) is 12.5 Å². The van der Waals surface area contributed by atoms with E-state index in [4.69, 9.17) is 4.74 Å². The van der Waals surface area contributed by atoms with Gasteiger partial charge in [0.05, 0.1) is 5.41 Å². The van der Waals surface area contributed by atoms with Crippen LogP contribution in [0.15, 0.2) is 261 Å².